The van der Waals surface area contributed by atoms with Crippen LogP contribution in [0.25, 0.3) is 10.9 Å². The lowest BCUT2D eigenvalue weighted by Crippen LogP contribution is -2.60. The van der Waals surface area contributed by atoms with Gasteiger partial charge in [0.15, 0.2) is 0 Å². The van der Waals surface area contributed by atoms with Gasteiger partial charge in [-0.1, -0.05) is 78.4 Å². The quantitative estimate of drug-likeness (QED) is 0.0866. The Kier molecular flexibility index (Phi) is 13.6. The number of H-pyrrole nitrogens is 1. The standard InChI is InChI=1S/C40H50N8O5/c1-26-16-18-28(19-17-26)24-45-36(49)33(14-9-20-43-40(42)53)46-37(50)34(23-29-25-44-32-13-6-5-12-30(29)32)47-38(51)35-15-7-8-21-48(35)39(52)31(41)22-27-10-3-2-4-11-27/h2-6,10-13,16-19,25,31,33-35,44H,7-9,14-15,20-24,41H2,1H3,(H,45,49)(H,46,50)(H,47,51)(H3,42,43,53)/t31-,33-,34-,35-/m0/s1. The SMILES string of the molecule is Cc1ccc(CNC(=O)[C@H](CCCNC(N)=O)NC(=O)[C@H](Cc2c[nH]c3ccccc23)NC(=O)[C@@H]2CCCCN2C(=O)[C@@H](N)Cc2ccccc2)cc1. The van der Waals surface area contributed by atoms with Crippen molar-refractivity contribution in [2.75, 3.05) is 13.1 Å². The maximum atomic E-state index is 14.2. The number of carbonyl (C=O) groups excluding carboxylic acids is 5. The minimum absolute atomic E-state index is 0.122. The Balaban J connectivity index is 1.34. The molecule has 1 aliphatic rings. The Bertz CT molecular complexity index is 1860. The predicted octanol–water partition coefficient (Wildman–Crippen LogP) is 2.70. The first-order valence-electron chi connectivity index (χ1n) is 18.2. The van der Waals surface area contributed by atoms with E-state index in [9.17, 15) is 24.0 Å². The summed E-state index contributed by atoms with van der Waals surface area (Å²) in [6.07, 6.45) is 4.70. The van der Waals surface area contributed by atoms with Gasteiger partial charge in [-0.05, 0) is 68.2 Å². The van der Waals surface area contributed by atoms with Crippen molar-refractivity contribution >= 4 is 40.6 Å². The van der Waals surface area contributed by atoms with E-state index in [0.29, 0.717) is 25.8 Å². The molecule has 13 nitrogen and oxygen atoms in total. The van der Waals surface area contributed by atoms with Crippen LogP contribution in [0.2, 0.25) is 0 Å². The number of para-hydroxylation sites is 1. The minimum Gasteiger partial charge on any atom is -0.361 e. The molecule has 1 saturated heterocycles. The third kappa shape index (κ3) is 10.9. The van der Waals surface area contributed by atoms with Crippen LogP contribution in [0.4, 0.5) is 4.79 Å². The molecular weight excluding hydrogens is 672 g/mol. The number of urea groups is 1. The molecule has 2 heterocycles. The Morgan fingerprint density at radius 3 is 2.32 bits per heavy atom. The normalized spacial score (nSPS) is 15.9. The van der Waals surface area contributed by atoms with Crippen molar-refractivity contribution in [3.63, 3.8) is 0 Å². The first kappa shape index (κ1) is 38.5. The van der Waals surface area contributed by atoms with Gasteiger partial charge >= 0.3 is 6.03 Å². The number of aromatic nitrogens is 1. The zero-order chi connectivity index (χ0) is 37.7. The van der Waals surface area contributed by atoms with Gasteiger partial charge < -0.3 is 42.6 Å². The number of nitrogens with two attached hydrogens (primary N) is 2. The fourth-order valence-electron chi connectivity index (χ4n) is 6.71. The number of nitrogens with zero attached hydrogens (tertiary/aromatic N) is 1. The molecule has 5 rings (SSSR count). The first-order chi connectivity index (χ1) is 25.6. The number of aromatic amines is 1. The predicted molar refractivity (Wildman–Crippen MR) is 203 cm³/mol. The number of rotatable bonds is 16. The van der Waals surface area contributed by atoms with Crippen LogP contribution in [0, 0.1) is 6.92 Å². The van der Waals surface area contributed by atoms with Gasteiger partial charge in [0.1, 0.15) is 18.1 Å². The Labute approximate surface area is 309 Å². The number of fused-ring (bicyclic) bond motifs is 1. The number of benzene rings is 3. The second-order valence-electron chi connectivity index (χ2n) is 13.7. The van der Waals surface area contributed by atoms with E-state index in [0.717, 1.165) is 46.0 Å². The lowest BCUT2D eigenvalue weighted by Gasteiger charge is -2.37. The average Bonchev–Trinajstić information content (AvgIpc) is 3.57. The van der Waals surface area contributed by atoms with Crippen molar-refractivity contribution in [1.29, 1.82) is 0 Å². The summed E-state index contributed by atoms with van der Waals surface area (Å²) in [6.45, 7) is 2.81. The second kappa shape index (κ2) is 18.7. The Hall–Kier alpha value is -5.69. The molecule has 6 amide bonds. The van der Waals surface area contributed by atoms with E-state index in [1.165, 1.54) is 0 Å². The first-order valence-corrected chi connectivity index (χ1v) is 18.2. The lowest BCUT2D eigenvalue weighted by molar-refractivity contribution is -0.144. The van der Waals surface area contributed by atoms with Crippen molar-refractivity contribution < 1.29 is 24.0 Å². The number of hydrogen-bond acceptors (Lipinski definition) is 6. The molecule has 0 saturated carbocycles. The van der Waals surface area contributed by atoms with E-state index < -0.39 is 47.9 Å². The third-order valence-electron chi connectivity index (χ3n) is 9.63. The zero-order valence-corrected chi connectivity index (χ0v) is 30.1. The van der Waals surface area contributed by atoms with Gasteiger partial charge in [-0.3, -0.25) is 19.2 Å². The highest BCUT2D eigenvalue weighted by Crippen LogP contribution is 2.22. The second-order valence-corrected chi connectivity index (χ2v) is 13.7. The minimum atomic E-state index is -1.09. The number of aryl methyl sites for hydroxylation is 1. The summed E-state index contributed by atoms with van der Waals surface area (Å²) in [5.41, 5.74) is 16.2. The zero-order valence-electron chi connectivity index (χ0n) is 30.1. The van der Waals surface area contributed by atoms with E-state index in [-0.39, 0.29) is 31.8 Å². The van der Waals surface area contributed by atoms with Gasteiger partial charge in [0.05, 0.1) is 6.04 Å². The molecule has 3 aromatic carbocycles. The van der Waals surface area contributed by atoms with Crippen LogP contribution in [-0.2, 0) is 38.6 Å². The molecular formula is C40H50N8O5. The molecule has 4 atom stereocenters. The molecule has 0 unspecified atom stereocenters. The van der Waals surface area contributed by atoms with Gasteiger partial charge in [0, 0.05) is 43.2 Å². The highest BCUT2D eigenvalue weighted by atomic mass is 16.2. The van der Waals surface area contributed by atoms with Crippen molar-refractivity contribution in [1.82, 2.24) is 31.2 Å². The van der Waals surface area contributed by atoms with Gasteiger partial charge in [-0.2, -0.15) is 0 Å². The number of carbonyl (C=O) groups is 5. The van der Waals surface area contributed by atoms with Gasteiger partial charge in [0.2, 0.25) is 23.6 Å². The van der Waals surface area contributed by atoms with Gasteiger partial charge in [-0.15, -0.1) is 0 Å². The maximum Gasteiger partial charge on any atom is 0.312 e. The highest BCUT2D eigenvalue weighted by molar-refractivity contribution is 5.95. The molecule has 1 fully saturated rings. The lowest BCUT2D eigenvalue weighted by atomic mass is 9.97. The molecule has 13 heteroatoms. The van der Waals surface area contributed by atoms with Crippen molar-refractivity contribution in [3.8, 4) is 0 Å². The summed E-state index contributed by atoms with van der Waals surface area (Å²) in [4.78, 5) is 71.6. The molecule has 53 heavy (non-hydrogen) atoms. The number of likely N-dealkylation sites (tertiary alicyclic amines) is 1. The van der Waals surface area contributed by atoms with Crippen LogP contribution in [0.1, 0.15) is 54.4 Å². The van der Waals surface area contributed by atoms with Crippen molar-refractivity contribution in [2.24, 2.45) is 11.5 Å². The fraction of sp³-hybridized carbons (Fsp3) is 0.375. The molecule has 0 bridgehead atoms. The van der Waals surface area contributed by atoms with E-state index in [1.807, 2.05) is 85.8 Å². The van der Waals surface area contributed by atoms with Gasteiger partial charge in [-0.25, -0.2) is 4.79 Å². The number of primary amides is 1. The Morgan fingerprint density at radius 1 is 0.830 bits per heavy atom. The molecule has 9 N–H and O–H groups in total. The van der Waals surface area contributed by atoms with Crippen LogP contribution >= 0.6 is 0 Å². The molecule has 1 aliphatic heterocycles. The monoisotopic (exact) mass is 722 g/mol. The van der Waals surface area contributed by atoms with Crippen molar-refractivity contribution in [2.45, 2.75) is 82.6 Å². The Morgan fingerprint density at radius 2 is 1.57 bits per heavy atom. The molecule has 280 valence electrons. The molecule has 0 radical (unpaired) electrons. The third-order valence-corrected chi connectivity index (χ3v) is 9.63. The summed E-state index contributed by atoms with van der Waals surface area (Å²) in [5.74, 6) is -1.75. The van der Waals surface area contributed by atoms with Gasteiger partial charge in [0.25, 0.3) is 0 Å². The molecule has 0 aliphatic carbocycles. The fourth-order valence-corrected chi connectivity index (χ4v) is 6.71. The summed E-state index contributed by atoms with van der Waals surface area (Å²) < 4.78 is 0. The number of piperidine rings is 1. The number of nitrogens with one attached hydrogen (secondary N) is 5. The molecule has 0 spiro atoms. The summed E-state index contributed by atoms with van der Waals surface area (Å²) in [7, 11) is 0. The summed E-state index contributed by atoms with van der Waals surface area (Å²) in [5, 5.41) is 12.1. The smallest absolute Gasteiger partial charge is 0.312 e. The van der Waals surface area contributed by atoms with E-state index >= 15 is 0 Å². The number of amides is 6. The number of hydrogen-bond donors (Lipinski definition) is 7. The molecule has 4 aromatic rings. The maximum absolute atomic E-state index is 14.2. The van der Waals surface area contributed by atoms with E-state index in [4.69, 9.17) is 11.5 Å². The largest absolute Gasteiger partial charge is 0.361 e. The van der Waals surface area contributed by atoms with Crippen molar-refractivity contribution in [3.05, 3.63) is 107 Å². The topological polar surface area (TPSA) is 205 Å². The summed E-state index contributed by atoms with van der Waals surface area (Å²) >= 11 is 0. The van der Waals surface area contributed by atoms with Crippen LogP contribution in [-0.4, -0.2) is 76.8 Å². The van der Waals surface area contributed by atoms with E-state index in [1.54, 1.807) is 11.1 Å². The average molecular weight is 723 g/mol. The van der Waals surface area contributed by atoms with Crippen LogP contribution in [0.15, 0.2) is 85.1 Å². The van der Waals surface area contributed by atoms with Crippen LogP contribution < -0.4 is 32.7 Å². The van der Waals surface area contributed by atoms with Crippen LogP contribution in [0.5, 0.6) is 0 Å². The van der Waals surface area contributed by atoms with Crippen LogP contribution in [0.3, 0.4) is 0 Å². The van der Waals surface area contributed by atoms with E-state index in [2.05, 4.69) is 26.3 Å². The summed E-state index contributed by atoms with van der Waals surface area (Å²) in [6, 6.07) is 20.5. The molecule has 1 aromatic heterocycles. The highest BCUT2D eigenvalue weighted by Gasteiger charge is 2.37.